The van der Waals surface area contributed by atoms with Gasteiger partial charge in [-0.2, -0.15) is 0 Å². The highest BCUT2D eigenvalue weighted by Crippen LogP contribution is 2.11. The molecule has 0 radical (unpaired) electrons. The lowest BCUT2D eigenvalue weighted by molar-refractivity contribution is -0.929. The zero-order valence-electron chi connectivity index (χ0n) is 12.4. The molecule has 1 aromatic rings. The van der Waals surface area contributed by atoms with Crippen LogP contribution in [0.25, 0.3) is 0 Å². The van der Waals surface area contributed by atoms with Gasteiger partial charge in [-0.15, -0.1) is 0 Å². The van der Waals surface area contributed by atoms with Crippen LogP contribution in [0.5, 0.6) is 0 Å². The lowest BCUT2D eigenvalue weighted by atomic mass is 9.98. The van der Waals surface area contributed by atoms with E-state index in [0.29, 0.717) is 0 Å². The number of carbonyl (C=O) groups is 1. The summed E-state index contributed by atoms with van der Waals surface area (Å²) in [5.41, 5.74) is 2.67. The summed E-state index contributed by atoms with van der Waals surface area (Å²) in [5, 5.41) is 3.08. The van der Waals surface area contributed by atoms with E-state index in [2.05, 4.69) is 29.6 Å². The van der Waals surface area contributed by atoms with Crippen LogP contribution in [0, 0.1) is 0 Å². The van der Waals surface area contributed by atoms with Gasteiger partial charge in [0, 0.05) is 17.5 Å². The van der Waals surface area contributed by atoms with Crippen LogP contribution in [0.2, 0.25) is 0 Å². The molecule has 104 valence electrons. The quantitative estimate of drug-likeness (QED) is 0.816. The van der Waals surface area contributed by atoms with Crippen LogP contribution >= 0.6 is 0 Å². The van der Waals surface area contributed by atoms with Gasteiger partial charge in [0.15, 0.2) is 6.04 Å². The molecule has 0 aliphatic carbocycles. The maximum Gasteiger partial charge on any atom is 0.278 e. The molecule has 3 nitrogen and oxygen atoms in total. The van der Waals surface area contributed by atoms with Crippen LogP contribution in [0.1, 0.15) is 38.8 Å². The normalized spacial score (nSPS) is 20.5. The van der Waals surface area contributed by atoms with Crippen molar-refractivity contribution in [3.05, 3.63) is 35.4 Å². The van der Waals surface area contributed by atoms with E-state index in [9.17, 15) is 4.79 Å². The SMILES string of the molecule is C[C@@H](C(=O)NC(C)(C)C)[NH+]1CCc2ccccc2C1. The summed E-state index contributed by atoms with van der Waals surface area (Å²) < 4.78 is 0. The fourth-order valence-corrected chi connectivity index (χ4v) is 2.63. The number of amides is 1. The first kappa shape index (κ1) is 14.1. The van der Waals surface area contributed by atoms with Crippen molar-refractivity contribution >= 4 is 5.91 Å². The maximum atomic E-state index is 12.2. The minimum Gasteiger partial charge on any atom is -0.346 e. The van der Waals surface area contributed by atoms with E-state index >= 15 is 0 Å². The Kier molecular flexibility index (Phi) is 3.95. The Morgan fingerprint density at radius 1 is 1.26 bits per heavy atom. The van der Waals surface area contributed by atoms with E-state index in [4.69, 9.17) is 0 Å². The summed E-state index contributed by atoms with van der Waals surface area (Å²) in [6, 6.07) is 8.57. The molecule has 0 saturated carbocycles. The Balaban J connectivity index is 2.02. The van der Waals surface area contributed by atoms with Crippen molar-refractivity contribution in [2.24, 2.45) is 0 Å². The average molecular weight is 261 g/mol. The fraction of sp³-hybridized carbons (Fsp3) is 0.562. The third kappa shape index (κ3) is 3.57. The summed E-state index contributed by atoms with van der Waals surface area (Å²) in [6.45, 7) is 10.1. The van der Waals surface area contributed by atoms with Gasteiger partial charge in [0.2, 0.25) is 0 Å². The highest BCUT2D eigenvalue weighted by Gasteiger charge is 2.30. The Bertz CT molecular complexity index is 462. The number of hydrogen-bond acceptors (Lipinski definition) is 1. The lowest BCUT2D eigenvalue weighted by Gasteiger charge is -2.31. The van der Waals surface area contributed by atoms with Crippen LogP contribution in [0.15, 0.2) is 24.3 Å². The first-order valence-electron chi connectivity index (χ1n) is 7.10. The molecular weight excluding hydrogens is 236 g/mol. The standard InChI is InChI=1S/C16H24N2O/c1-12(15(19)17-16(2,3)4)18-10-9-13-7-5-6-8-14(13)11-18/h5-8,12H,9-11H2,1-4H3,(H,17,19)/p+1/t12-/m0/s1. The smallest absolute Gasteiger partial charge is 0.278 e. The van der Waals surface area contributed by atoms with Crippen LogP contribution in [0.4, 0.5) is 0 Å². The van der Waals surface area contributed by atoms with Crippen molar-refractivity contribution in [2.45, 2.75) is 52.2 Å². The van der Waals surface area contributed by atoms with Crippen molar-refractivity contribution in [3.8, 4) is 0 Å². The second-order valence-corrected chi connectivity index (χ2v) is 6.56. The average Bonchev–Trinajstić information content (AvgIpc) is 2.35. The molecule has 0 spiro atoms. The van der Waals surface area contributed by atoms with Crippen LogP contribution in [0.3, 0.4) is 0 Å². The summed E-state index contributed by atoms with van der Waals surface area (Å²) in [5.74, 6) is 0.155. The molecule has 0 saturated heterocycles. The van der Waals surface area contributed by atoms with Gasteiger partial charge >= 0.3 is 0 Å². The molecule has 1 unspecified atom stereocenters. The van der Waals surface area contributed by atoms with Gasteiger partial charge in [0.25, 0.3) is 5.91 Å². The topological polar surface area (TPSA) is 33.5 Å². The number of nitrogens with one attached hydrogen (secondary N) is 2. The van der Waals surface area contributed by atoms with Crippen LogP contribution < -0.4 is 10.2 Å². The minimum absolute atomic E-state index is 0.00702. The number of carbonyl (C=O) groups excluding carboxylic acids is 1. The molecule has 3 heteroatoms. The van der Waals surface area contributed by atoms with Crippen molar-refractivity contribution < 1.29 is 9.69 Å². The second-order valence-electron chi connectivity index (χ2n) is 6.56. The van der Waals surface area contributed by atoms with Gasteiger partial charge in [-0.1, -0.05) is 24.3 Å². The Morgan fingerprint density at radius 3 is 2.53 bits per heavy atom. The van der Waals surface area contributed by atoms with Crippen molar-refractivity contribution in [3.63, 3.8) is 0 Å². The van der Waals surface area contributed by atoms with Gasteiger partial charge in [0.1, 0.15) is 6.54 Å². The number of benzene rings is 1. The molecule has 0 fully saturated rings. The maximum absolute atomic E-state index is 12.2. The van der Waals surface area contributed by atoms with E-state index in [1.54, 1.807) is 0 Å². The first-order chi connectivity index (χ1) is 8.87. The summed E-state index contributed by atoms with van der Waals surface area (Å²) in [6.07, 6.45) is 1.07. The highest BCUT2D eigenvalue weighted by molar-refractivity contribution is 5.80. The van der Waals surface area contributed by atoms with E-state index in [1.807, 2.05) is 27.7 Å². The number of rotatable bonds is 2. The third-order valence-electron chi connectivity index (χ3n) is 3.76. The molecule has 1 aromatic carbocycles. The Morgan fingerprint density at radius 2 is 1.89 bits per heavy atom. The highest BCUT2D eigenvalue weighted by atomic mass is 16.2. The van der Waals surface area contributed by atoms with E-state index in [-0.39, 0.29) is 17.5 Å². The largest absolute Gasteiger partial charge is 0.346 e. The van der Waals surface area contributed by atoms with Crippen molar-refractivity contribution in [1.29, 1.82) is 0 Å². The molecule has 0 bridgehead atoms. The molecule has 0 aromatic heterocycles. The molecule has 1 aliphatic heterocycles. The van der Waals surface area contributed by atoms with E-state index in [1.165, 1.54) is 16.0 Å². The number of fused-ring (bicyclic) bond motifs is 1. The van der Waals surface area contributed by atoms with Crippen molar-refractivity contribution in [1.82, 2.24) is 5.32 Å². The number of quaternary nitrogens is 1. The summed E-state index contributed by atoms with van der Waals surface area (Å²) in [4.78, 5) is 13.6. The predicted molar refractivity (Wildman–Crippen MR) is 77.0 cm³/mol. The first-order valence-corrected chi connectivity index (χ1v) is 7.10. The minimum atomic E-state index is -0.154. The predicted octanol–water partition coefficient (Wildman–Crippen LogP) is 0.931. The third-order valence-corrected chi connectivity index (χ3v) is 3.76. The molecule has 1 aliphatic rings. The zero-order chi connectivity index (χ0) is 14.0. The number of hydrogen-bond donors (Lipinski definition) is 2. The zero-order valence-corrected chi connectivity index (χ0v) is 12.4. The van der Waals surface area contributed by atoms with Crippen LogP contribution in [-0.4, -0.2) is 24.0 Å². The summed E-state index contributed by atoms with van der Waals surface area (Å²) in [7, 11) is 0. The Hall–Kier alpha value is -1.35. The van der Waals surface area contributed by atoms with Crippen molar-refractivity contribution in [2.75, 3.05) is 6.54 Å². The molecule has 1 heterocycles. The second kappa shape index (κ2) is 5.33. The van der Waals surface area contributed by atoms with E-state index in [0.717, 1.165) is 19.5 Å². The summed E-state index contributed by atoms with van der Waals surface area (Å²) >= 11 is 0. The van der Waals surface area contributed by atoms with Gasteiger partial charge in [0.05, 0.1) is 6.54 Å². The van der Waals surface area contributed by atoms with E-state index < -0.39 is 0 Å². The van der Waals surface area contributed by atoms with Gasteiger partial charge < -0.3 is 10.2 Å². The van der Waals surface area contributed by atoms with Gasteiger partial charge in [-0.3, -0.25) is 4.79 Å². The monoisotopic (exact) mass is 261 g/mol. The Labute approximate surface area is 116 Å². The molecule has 2 rings (SSSR count). The van der Waals surface area contributed by atoms with Crippen LogP contribution in [-0.2, 0) is 17.8 Å². The molecular formula is C16H25N2O+. The fourth-order valence-electron chi connectivity index (χ4n) is 2.63. The lowest BCUT2D eigenvalue weighted by Crippen LogP contribution is -3.16. The molecule has 2 N–H and O–H groups in total. The molecule has 1 amide bonds. The van der Waals surface area contributed by atoms with Gasteiger partial charge in [-0.25, -0.2) is 0 Å². The molecule has 2 atom stereocenters. The van der Waals surface area contributed by atoms with Gasteiger partial charge in [-0.05, 0) is 33.3 Å². The molecule has 19 heavy (non-hydrogen) atoms.